The number of hydrogen-bond acceptors (Lipinski definition) is 6. The highest BCUT2D eigenvalue weighted by molar-refractivity contribution is 5.14. The molecule has 0 unspecified atom stereocenters. The van der Waals surface area contributed by atoms with Crippen LogP contribution in [0.1, 0.15) is 11.1 Å². The van der Waals surface area contributed by atoms with Crippen LogP contribution in [0.4, 0.5) is 0 Å². The molecule has 0 aliphatic carbocycles. The van der Waals surface area contributed by atoms with Gasteiger partial charge < -0.3 is 29.2 Å². The first-order valence-corrected chi connectivity index (χ1v) is 9.00. The van der Waals surface area contributed by atoms with Crippen molar-refractivity contribution in [1.29, 1.82) is 0 Å². The Hall–Kier alpha value is -1.80. The third-order valence-electron chi connectivity index (χ3n) is 4.53. The second kappa shape index (κ2) is 9.94. The van der Waals surface area contributed by atoms with Gasteiger partial charge in [-0.2, -0.15) is 0 Å². The third-order valence-corrected chi connectivity index (χ3v) is 4.53. The van der Waals surface area contributed by atoms with E-state index in [4.69, 9.17) is 18.9 Å². The highest BCUT2D eigenvalue weighted by Gasteiger charge is 2.46. The molecule has 5 atom stereocenters. The summed E-state index contributed by atoms with van der Waals surface area (Å²) in [5.74, 6) is 0. The molecular weight excluding hydrogens is 348 g/mol. The van der Waals surface area contributed by atoms with Gasteiger partial charge in [0.05, 0.1) is 19.8 Å². The molecule has 0 radical (unpaired) electrons. The summed E-state index contributed by atoms with van der Waals surface area (Å²) in [6.45, 7) is 0.845. The highest BCUT2D eigenvalue weighted by atomic mass is 16.7. The Balaban J connectivity index is 1.73. The van der Waals surface area contributed by atoms with Crippen LogP contribution in [0.15, 0.2) is 60.7 Å². The molecule has 6 heteroatoms. The molecule has 1 fully saturated rings. The van der Waals surface area contributed by atoms with Crippen molar-refractivity contribution in [3.8, 4) is 0 Å². The van der Waals surface area contributed by atoms with Gasteiger partial charge in [-0.3, -0.25) is 0 Å². The van der Waals surface area contributed by atoms with Crippen LogP contribution < -0.4 is 0 Å². The molecule has 2 aromatic rings. The lowest BCUT2D eigenvalue weighted by Gasteiger charge is -2.42. The fourth-order valence-electron chi connectivity index (χ4n) is 3.13. The van der Waals surface area contributed by atoms with Crippen molar-refractivity contribution in [2.75, 3.05) is 13.7 Å². The Morgan fingerprint density at radius 2 is 1.33 bits per heavy atom. The Labute approximate surface area is 159 Å². The summed E-state index contributed by atoms with van der Waals surface area (Å²) in [5.41, 5.74) is 1.96. The molecule has 1 aliphatic rings. The number of aliphatic hydroxyl groups excluding tert-OH is 2. The average molecular weight is 374 g/mol. The number of rotatable bonds is 8. The summed E-state index contributed by atoms with van der Waals surface area (Å²) >= 11 is 0. The average Bonchev–Trinajstić information content (AvgIpc) is 2.70. The minimum Gasteiger partial charge on any atom is -0.385 e. The van der Waals surface area contributed by atoms with E-state index in [1.807, 2.05) is 60.7 Å². The summed E-state index contributed by atoms with van der Waals surface area (Å²) in [7, 11) is 1.55. The maximum absolute atomic E-state index is 10.4. The monoisotopic (exact) mass is 374 g/mol. The molecule has 6 nitrogen and oxygen atoms in total. The van der Waals surface area contributed by atoms with Crippen molar-refractivity contribution in [1.82, 2.24) is 0 Å². The second-order valence-electron chi connectivity index (χ2n) is 6.53. The summed E-state index contributed by atoms with van der Waals surface area (Å²) < 4.78 is 22.7. The van der Waals surface area contributed by atoms with Crippen LogP contribution in [0.25, 0.3) is 0 Å². The first-order chi connectivity index (χ1) is 13.2. The number of ether oxygens (including phenoxy) is 4. The van der Waals surface area contributed by atoms with Crippen LogP contribution in [0.2, 0.25) is 0 Å². The molecule has 3 rings (SSSR count). The van der Waals surface area contributed by atoms with Crippen LogP contribution in [0.3, 0.4) is 0 Å². The lowest BCUT2D eigenvalue weighted by atomic mass is 9.98. The second-order valence-corrected chi connectivity index (χ2v) is 6.53. The number of hydrogen-bond donors (Lipinski definition) is 2. The molecule has 1 saturated heterocycles. The maximum atomic E-state index is 10.4. The van der Waals surface area contributed by atoms with Gasteiger partial charge in [-0.05, 0) is 11.1 Å². The zero-order chi connectivity index (χ0) is 19.1. The highest BCUT2D eigenvalue weighted by Crippen LogP contribution is 2.27. The molecule has 1 aliphatic heterocycles. The van der Waals surface area contributed by atoms with Gasteiger partial charge in [0, 0.05) is 7.11 Å². The topological polar surface area (TPSA) is 77.4 Å². The van der Waals surface area contributed by atoms with Gasteiger partial charge in [-0.25, -0.2) is 0 Å². The molecular formula is C21H26O6. The fourth-order valence-corrected chi connectivity index (χ4v) is 3.13. The Kier molecular flexibility index (Phi) is 7.34. The zero-order valence-corrected chi connectivity index (χ0v) is 15.3. The van der Waals surface area contributed by atoms with Crippen LogP contribution in [-0.4, -0.2) is 54.6 Å². The first kappa shape index (κ1) is 19.9. The number of benzene rings is 2. The Morgan fingerprint density at radius 3 is 1.85 bits per heavy atom. The van der Waals surface area contributed by atoms with Crippen LogP contribution >= 0.6 is 0 Å². The van der Waals surface area contributed by atoms with Gasteiger partial charge in [0.1, 0.15) is 24.4 Å². The smallest absolute Gasteiger partial charge is 0.184 e. The van der Waals surface area contributed by atoms with E-state index < -0.39 is 30.7 Å². The van der Waals surface area contributed by atoms with Crippen molar-refractivity contribution in [2.24, 2.45) is 0 Å². The van der Waals surface area contributed by atoms with Crippen LogP contribution in [0.5, 0.6) is 0 Å². The van der Waals surface area contributed by atoms with E-state index in [0.29, 0.717) is 13.2 Å². The quantitative estimate of drug-likeness (QED) is 0.735. The van der Waals surface area contributed by atoms with Crippen molar-refractivity contribution in [2.45, 2.75) is 43.9 Å². The van der Waals surface area contributed by atoms with Crippen molar-refractivity contribution in [3.63, 3.8) is 0 Å². The molecule has 0 amide bonds. The first-order valence-electron chi connectivity index (χ1n) is 9.00. The number of aliphatic hydroxyl groups is 2. The van der Waals surface area contributed by atoms with Crippen molar-refractivity contribution < 1.29 is 29.2 Å². The van der Waals surface area contributed by atoms with Gasteiger partial charge in [0.2, 0.25) is 0 Å². The number of methoxy groups -OCH3 is 1. The summed E-state index contributed by atoms with van der Waals surface area (Å²) in [4.78, 5) is 0. The zero-order valence-electron chi connectivity index (χ0n) is 15.3. The van der Waals surface area contributed by atoms with E-state index in [1.54, 1.807) is 7.11 Å². The summed E-state index contributed by atoms with van der Waals surface area (Å²) in [6, 6.07) is 19.4. The maximum Gasteiger partial charge on any atom is 0.184 e. The molecule has 27 heavy (non-hydrogen) atoms. The molecule has 2 N–H and O–H groups in total. The van der Waals surface area contributed by atoms with E-state index in [1.165, 1.54) is 0 Å². The molecule has 0 bridgehead atoms. The lowest BCUT2D eigenvalue weighted by Crippen LogP contribution is -2.60. The molecule has 2 aromatic carbocycles. The summed E-state index contributed by atoms with van der Waals surface area (Å²) in [6.07, 6.45) is -4.48. The van der Waals surface area contributed by atoms with E-state index >= 15 is 0 Å². The standard InChI is InChI=1S/C21H26O6/c1-24-14-17-19(25-12-15-8-4-2-5-9-15)20(18(22)21(23)27-17)26-13-16-10-6-3-7-11-16/h2-11,17-23H,12-14H2,1H3/t17-,18+,19-,20-,21-/m1/s1. The third kappa shape index (κ3) is 5.35. The molecule has 0 spiro atoms. The molecule has 1 heterocycles. The molecule has 0 aromatic heterocycles. The predicted molar refractivity (Wildman–Crippen MR) is 98.8 cm³/mol. The van der Waals surface area contributed by atoms with Gasteiger partial charge in [-0.1, -0.05) is 60.7 Å². The van der Waals surface area contributed by atoms with Crippen molar-refractivity contribution in [3.05, 3.63) is 71.8 Å². The minimum absolute atomic E-state index is 0.217. The fraction of sp³-hybridized carbons (Fsp3) is 0.429. The van der Waals surface area contributed by atoms with Crippen LogP contribution in [-0.2, 0) is 32.2 Å². The van der Waals surface area contributed by atoms with E-state index in [9.17, 15) is 10.2 Å². The van der Waals surface area contributed by atoms with E-state index in [-0.39, 0.29) is 6.61 Å². The molecule has 146 valence electrons. The van der Waals surface area contributed by atoms with E-state index in [2.05, 4.69) is 0 Å². The predicted octanol–water partition coefficient (Wildman–Crippen LogP) is 1.88. The van der Waals surface area contributed by atoms with Crippen LogP contribution in [0, 0.1) is 0 Å². The SMILES string of the molecule is COC[C@H]1O[C@@H](O)[C@@H](O)[C@@H](OCc2ccccc2)[C@@H]1OCc1ccccc1. The van der Waals surface area contributed by atoms with Gasteiger partial charge in [0.25, 0.3) is 0 Å². The summed E-state index contributed by atoms with van der Waals surface area (Å²) in [5, 5.41) is 20.5. The lowest BCUT2D eigenvalue weighted by molar-refractivity contribution is -0.306. The normalized spacial score (nSPS) is 28.2. The van der Waals surface area contributed by atoms with E-state index in [0.717, 1.165) is 11.1 Å². The largest absolute Gasteiger partial charge is 0.385 e. The van der Waals surface area contributed by atoms with Gasteiger partial charge >= 0.3 is 0 Å². The van der Waals surface area contributed by atoms with Crippen molar-refractivity contribution >= 4 is 0 Å². The Morgan fingerprint density at radius 1 is 0.815 bits per heavy atom. The minimum atomic E-state index is -1.36. The Bertz CT molecular complexity index is 665. The van der Waals surface area contributed by atoms with Gasteiger partial charge in [-0.15, -0.1) is 0 Å². The molecule has 0 saturated carbocycles. The van der Waals surface area contributed by atoms with Gasteiger partial charge in [0.15, 0.2) is 6.29 Å².